The minimum atomic E-state index is -0.688. The third-order valence-corrected chi connectivity index (χ3v) is 2.66. The number of hydrogen-bond donors (Lipinski definition) is 2. The summed E-state index contributed by atoms with van der Waals surface area (Å²) in [4.78, 5) is 11.5. The van der Waals surface area contributed by atoms with Crippen molar-refractivity contribution in [1.29, 1.82) is 0 Å². The van der Waals surface area contributed by atoms with Gasteiger partial charge in [-0.2, -0.15) is 0 Å². The van der Waals surface area contributed by atoms with Gasteiger partial charge in [0, 0.05) is 25.3 Å². The van der Waals surface area contributed by atoms with Gasteiger partial charge in [0.05, 0.1) is 19.8 Å². The highest BCUT2D eigenvalue weighted by Crippen LogP contribution is 2.29. The van der Waals surface area contributed by atoms with E-state index < -0.39 is 6.10 Å². The average Bonchev–Trinajstić information content (AvgIpc) is 2.44. The van der Waals surface area contributed by atoms with E-state index in [1.807, 2.05) is 0 Å². The molecule has 6 heteroatoms. The van der Waals surface area contributed by atoms with Crippen LogP contribution in [-0.2, 0) is 9.53 Å². The van der Waals surface area contributed by atoms with Crippen molar-refractivity contribution in [2.45, 2.75) is 13.0 Å². The van der Waals surface area contributed by atoms with Crippen LogP contribution in [0, 0.1) is 0 Å². The molecule has 20 heavy (non-hydrogen) atoms. The quantitative estimate of drug-likeness (QED) is 0.693. The van der Waals surface area contributed by atoms with Gasteiger partial charge in [0.15, 0.2) is 6.61 Å². The van der Waals surface area contributed by atoms with Crippen molar-refractivity contribution in [2.75, 3.05) is 34.0 Å². The van der Waals surface area contributed by atoms with Gasteiger partial charge in [-0.15, -0.1) is 0 Å². The van der Waals surface area contributed by atoms with E-state index in [1.54, 1.807) is 39.3 Å². The lowest BCUT2D eigenvalue weighted by atomic mass is 10.1. The number of benzene rings is 1. The molecule has 0 saturated heterocycles. The van der Waals surface area contributed by atoms with E-state index >= 15 is 0 Å². The van der Waals surface area contributed by atoms with Gasteiger partial charge in [-0.3, -0.25) is 4.79 Å². The third kappa shape index (κ3) is 5.07. The van der Waals surface area contributed by atoms with Crippen LogP contribution >= 0.6 is 0 Å². The van der Waals surface area contributed by atoms with Gasteiger partial charge in [-0.05, 0) is 19.1 Å². The largest absolute Gasteiger partial charge is 0.497 e. The number of ether oxygens (including phenoxy) is 3. The number of carbonyl (C=O) groups excluding carboxylic acids is 1. The summed E-state index contributed by atoms with van der Waals surface area (Å²) in [6.45, 7) is 2.38. The highest BCUT2D eigenvalue weighted by Gasteiger charge is 2.12. The minimum absolute atomic E-state index is 0.128. The van der Waals surface area contributed by atoms with E-state index in [-0.39, 0.29) is 12.5 Å². The minimum Gasteiger partial charge on any atom is -0.497 e. The number of methoxy groups -OCH3 is 2. The van der Waals surface area contributed by atoms with Crippen LogP contribution in [0.1, 0.15) is 18.6 Å². The molecule has 112 valence electrons. The summed E-state index contributed by atoms with van der Waals surface area (Å²) in [5.74, 6) is 0.784. The molecule has 0 fully saturated rings. The maximum atomic E-state index is 11.5. The lowest BCUT2D eigenvalue weighted by Gasteiger charge is -2.14. The van der Waals surface area contributed by atoms with Crippen molar-refractivity contribution in [3.05, 3.63) is 23.8 Å². The molecule has 0 heterocycles. The van der Waals surface area contributed by atoms with Crippen molar-refractivity contribution in [3.63, 3.8) is 0 Å². The molecular weight excluding hydrogens is 262 g/mol. The Morgan fingerprint density at radius 1 is 1.40 bits per heavy atom. The van der Waals surface area contributed by atoms with Crippen LogP contribution in [0.5, 0.6) is 11.5 Å². The van der Waals surface area contributed by atoms with Crippen molar-refractivity contribution in [1.82, 2.24) is 5.32 Å². The summed E-state index contributed by atoms with van der Waals surface area (Å²) >= 11 is 0. The molecule has 0 aliphatic rings. The molecule has 0 aliphatic carbocycles. The topological polar surface area (TPSA) is 77.0 Å². The van der Waals surface area contributed by atoms with E-state index in [0.717, 1.165) is 0 Å². The fourth-order valence-electron chi connectivity index (χ4n) is 1.60. The Balaban J connectivity index is 2.63. The second-order valence-corrected chi connectivity index (χ2v) is 4.21. The molecule has 0 aromatic heterocycles. The third-order valence-electron chi connectivity index (χ3n) is 2.66. The molecule has 0 saturated carbocycles. The van der Waals surface area contributed by atoms with Crippen LogP contribution < -0.4 is 14.8 Å². The number of hydrogen-bond acceptors (Lipinski definition) is 5. The van der Waals surface area contributed by atoms with Gasteiger partial charge < -0.3 is 24.6 Å². The Labute approximate surface area is 118 Å². The molecule has 1 aromatic rings. The van der Waals surface area contributed by atoms with Gasteiger partial charge in [-0.25, -0.2) is 0 Å². The van der Waals surface area contributed by atoms with E-state index in [0.29, 0.717) is 30.2 Å². The number of aliphatic hydroxyl groups excluding tert-OH is 1. The predicted octanol–water partition coefficient (Wildman–Crippen LogP) is 0.890. The molecule has 1 unspecified atom stereocenters. The molecule has 1 amide bonds. The normalized spacial score (nSPS) is 11.8. The van der Waals surface area contributed by atoms with Crippen LogP contribution in [0.15, 0.2) is 18.2 Å². The average molecular weight is 283 g/mol. The Bertz CT molecular complexity index is 434. The second kappa shape index (κ2) is 8.39. The van der Waals surface area contributed by atoms with Crippen LogP contribution in [0.3, 0.4) is 0 Å². The van der Waals surface area contributed by atoms with Crippen molar-refractivity contribution < 1.29 is 24.1 Å². The summed E-state index contributed by atoms with van der Waals surface area (Å²) in [6, 6.07) is 5.08. The Kier molecular flexibility index (Phi) is 6.83. The summed E-state index contributed by atoms with van der Waals surface area (Å²) in [5, 5.41) is 12.3. The van der Waals surface area contributed by atoms with Crippen molar-refractivity contribution in [3.8, 4) is 11.5 Å². The number of nitrogens with one attached hydrogen (secondary N) is 1. The monoisotopic (exact) mass is 283 g/mol. The first kappa shape index (κ1) is 16.3. The first-order valence-electron chi connectivity index (χ1n) is 6.33. The second-order valence-electron chi connectivity index (χ2n) is 4.21. The van der Waals surface area contributed by atoms with Crippen molar-refractivity contribution in [2.24, 2.45) is 0 Å². The number of aliphatic hydroxyl groups is 1. The highest BCUT2D eigenvalue weighted by atomic mass is 16.5. The molecule has 0 aliphatic heterocycles. The summed E-state index contributed by atoms with van der Waals surface area (Å²) < 4.78 is 15.4. The van der Waals surface area contributed by atoms with Gasteiger partial charge in [-0.1, -0.05) is 0 Å². The van der Waals surface area contributed by atoms with Gasteiger partial charge in [0.25, 0.3) is 5.91 Å². The van der Waals surface area contributed by atoms with E-state index in [9.17, 15) is 9.90 Å². The maximum absolute atomic E-state index is 11.5. The zero-order chi connectivity index (χ0) is 15.0. The lowest BCUT2D eigenvalue weighted by Crippen LogP contribution is -2.31. The van der Waals surface area contributed by atoms with E-state index in [2.05, 4.69) is 5.32 Å². The fraction of sp³-hybridized carbons (Fsp3) is 0.500. The van der Waals surface area contributed by atoms with Crippen LogP contribution in [0.2, 0.25) is 0 Å². The number of carbonyl (C=O) groups is 1. The zero-order valence-electron chi connectivity index (χ0n) is 12.0. The Morgan fingerprint density at radius 2 is 2.15 bits per heavy atom. The van der Waals surface area contributed by atoms with Crippen LogP contribution in [0.4, 0.5) is 0 Å². The SMILES string of the molecule is COCCNC(=O)COc1cc(OC)ccc1C(C)O. The standard InChI is InChI=1S/C14H21NO5/c1-10(16)12-5-4-11(19-3)8-13(12)20-9-14(17)15-6-7-18-2/h4-5,8,10,16H,6-7,9H2,1-3H3,(H,15,17). The molecule has 2 N–H and O–H groups in total. The molecule has 0 radical (unpaired) electrons. The smallest absolute Gasteiger partial charge is 0.258 e. The first-order valence-corrected chi connectivity index (χ1v) is 6.33. The number of rotatable bonds is 8. The fourth-order valence-corrected chi connectivity index (χ4v) is 1.60. The van der Waals surface area contributed by atoms with Gasteiger partial charge >= 0.3 is 0 Å². The summed E-state index contributed by atoms with van der Waals surface area (Å²) in [6.07, 6.45) is -0.688. The number of amides is 1. The Morgan fingerprint density at radius 3 is 2.75 bits per heavy atom. The summed E-state index contributed by atoms with van der Waals surface area (Å²) in [5.41, 5.74) is 0.607. The molecular formula is C14H21NO5. The Hall–Kier alpha value is -1.79. The molecule has 1 aromatic carbocycles. The maximum Gasteiger partial charge on any atom is 0.258 e. The van der Waals surface area contributed by atoms with E-state index in [4.69, 9.17) is 14.2 Å². The molecule has 1 rings (SSSR count). The zero-order valence-corrected chi connectivity index (χ0v) is 12.0. The van der Waals surface area contributed by atoms with Crippen LogP contribution in [0.25, 0.3) is 0 Å². The molecule has 0 bridgehead atoms. The summed E-state index contributed by atoms with van der Waals surface area (Å²) in [7, 11) is 3.10. The lowest BCUT2D eigenvalue weighted by molar-refractivity contribution is -0.123. The molecule has 1 atom stereocenters. The predicted molar refractivity (Wildman–Crippen MR) is 74.0 cm³/mol. The van der Waals surface area contributed by atoms with Crippen LogP contribution in [-0.4, -0.2) is 45.0 Å². The van der Waals surface area contributed by atoms with Crippen molar-refractivity contribution >= 4 is 5.91 Å². The molecule has 6 nitrogen and oxygen atoms in total. The highest BCUT2D eigenvalue weighted by molar-refractivity contribution is 5.77. The molecule has 0 spiro atoms. The van der Waals surface area contributed by atoms with Gasteiger partial charge in [0.1, 0.15) is 11.5 Å². The van der Waals surface area contributed by atoms with E-state index in [1.165, 1.54) is 0 Å². The van der Waals surface area contributed by atoms with Gasteiger partial charge in [0.2, 0.25) is 0 Å². The first-order chi connectivity index (χ1) is 9.58.